The van der Waals surface area contributed by atoms with Crippen LogP contribution in [-0.2, 0) is 9.84 Å². The zero-order valence-corrected chi connectivity index (χ0v) is 12.2. The molecule has 1 aromatic rings. The zero-order chi connectivity index (χ0) is 14.6. The second kappa shape index (κ2) is 6.41. The summed E-state index contributed by atoms with van der Waals surface area (Å²) < 4.78 is 24.1. The van der Waals surface area contributed by atoms with Gasteiger partial charge in [0.05, 0.1) is 26.3 Å². The number of benzene rings is 1. The summed E-state index contributed by atoms with van der Waals surface area (Å²) >= 11 is 11.5. The van der Waals surface area contributed by atoms with Crippen molar-refractivity contribution in [2.24, 2.45) is 0 Å². The highest BCUT2D eigenvalue weighted by molar-refractivity contribution is 7.91. The summed E-state index contributed by atoms with van der Waals surface area (Å²) in [4.78, 5) is 10.8. The fraction of sp³-hybridized carbons (Fsp3) is 0.250. The van der Waals surface area contributed by atoms with E-state index in [1.165, 1.54) is 12.1 Å². The third-order valence-corrected chi connectivity index (χ3v) is 5.08. The van der Waals surface area contributed by atoms with Gasteiger partial charge in [-0.1, -0.05) is 29.3 Å². The molecule has 4 nitrogen and oxygen atoms in total. The van der Waals surface area contributed by atoms with E-state index in [1.807, 2.05) is 0 Å². The standard InChI is InChI=1S/C12H12Cl2O4S/c1-2-3-4-7-19(17,18)9-6-5-8(13)10(11(9)14)12(15)16/h2,5-6H,1,3-4,7H2,(H,15,16). The predicted octanol–water partition coefficient (Wildman–Crippen LogP) is 3.43. The number of unbranched alkanes of at least 4 members (excludes halogenated alkanes) is 1. The zero-order valence-electron chi connectivity index (χ0n) is 9.90. The Labute approximate surface area is 121 Å². The van der Waals surface area contributed by atoms with Crippen LogP contribution < -0.4 is 0 Å². The van der Waals surface area contributed by atoms with E-state index in [4.69, 9.17) is 28.3 Å². The van der Waals surface area contributed by atoms with Gasteiger partial charge < -0.3 is 5.11 Å². The molecule has 19 heavy (non-hydrogen) atoms. The highest BCUT2D eigenvalue weighted by Gasteiger charge is 2.24. The smallest absolute Gasteiger partial charge is 0.338 e. The van der Waals surface area contributed by atoms with E-state index < -0.39 is 21.4 Å². The second-order valence-corrected chi connectivity index (χ2v) is 6.65. The van der Waals surface area contributed by atoms with Crippen molar-refractivity contribution in [2.75, 3.05) is 5.75 Å². The van der Waals surface area contributed by atoms with Gasteiger partial charge in [-0.2, -0.15) is 0 Å². The van der Waals surface area contributed by atoms with Crippen LogP contribution in [0.15, 0.2) is 29.7 Å². The first-order valence-electron chi connectivity index (χ1n) is 5.36. The molecule has 0 saturated heterocycles. The van der Waals surface area contributed by atoms with Crippen LogP contribution in [0.5, 0.6) is 0 Å². The highest BCUT2D eigenvalue weighted by atomic mass is 35.5. The lowest BCUT2D eigenvalue weighted by Crippen LogP contribution is -2.10. The van der Waals surface area contributed by atoms with Crippen LogP contribution in [0.3, 0.4) is 0 Å². The molecule has 0 aliphatic rings. The van der Waals surface area contributed by atoms with Crippen LogP contribution in [0, 0.1) is 0 Å². The van der Waals surface area contributed by atoms with Gasteiger partial charge in [0, 0.05) is 0 Å². The molecule has 0 radical (unpaired) electrons. The van der Waals surface area contributed by atoms with E-state index in [9.17, 15) is 13.2 Å². The minimum atomic E-state index is -3.64. The first-order valence-corrected chi connectivity index (χ1v) is 7.77. The summed E-state index contributed by atoms with van der Waals surface area (Å²) in [6.45, 7) is 3.50. The molecule has 0 fully saturated rings. The molecular weight excluding hydrogens is 311 g/mol. The minimum absolute atomic E-state index is 0.0949. The molecule has 0 heterocycles. The Bertz CT molecular complexity index is 608. The van der Waals surface area contributed by atoms with Crippen LogP contribution in [-0.4, -0.2) is 25.2 Å². The molecule has 0 amide bonds. The molecule has 0 aliphatic carbocycles. The highest BCUT2D eigenvalue weighted by Crippen LogP contribution is 2.31. The first-order chi connectivity index (χ1) is 8.81. The van der Waals surface area contributed by atoms with Gasteiger partial charge in [0.15, 0.2) is 9.84 Å². The van der Waals surface area contributed by atoms with Crippen LogP contribution in [0.2, 0.25) is 10.0 Å². The molecule has 0 atom stereocenters. The summed E-state index contributed by atoms with van der Waals surface area (Å²) in [6.07, 6.45) is 2.56. The summed E-state index contributed by atoms with van der Waals surface area (Å²) in [6, 6.07) is 2.44. The molecule has 1 aromatic carbocycles. The largest absolute Gasteiger partial charge is 0.478 e. The number of allylic oxidation sites excluding steroid dienone is 1. The molecular formula is C12H12Cl2O4S. The number of halogens is 2. The predicted molar refractivity (Wildman–Crippen MR) is 74.9 cm³/mol. The summed E-state index contributed by atoms with van der Waals surface area (Å²) in [5.41, 5.74) is -0.395. The van der Waals surface area contributed by atoms with E-state index in [0.717, 1.165) is 0 Å². The summed E-state index contributed by atoms with van der Waals surface area (Å²) in [7, 11) is -3.64. The number of carboxylic acid groups (broad SMARTS) is 1. The molecule has 0 saturated carbocycles. The maximum Gasteiger partial charge on any atom is 0.338 e. The maximum atomic E-state index is 12.1. The average Bonchev–Trinajstić information content (AvgIpc) is 2.28. The Balaban J connectivity index is 3.25. The van der Waals surface area contributed by atoms with Crippen molar-refractivity contribution >= 4 is 39.0 Å². The van der Waals surface area contributed by atoms with Gasteiger partial charge in [-0.15, -0.1) is 6.58 Å². The normalized spacial score (nSPS) is 11.3. The van der Waals surface area contributed by atoms with Crippen molar-refractivity contribution in [1.82, 2.24) is 0 Å². The van der Waals surface area contributed by atoms with E-state index >= 15 is 0 Å². The van der Waals surface area contributed by atoms with E-state index in [1.54, 1.807) is 6.08 Å². The van der Waals surface area contributed by atoms with Crippen molar-refractivity contribution < 1.29 is 18.3 Å². The third kappa shape index (κ3) is 3.72. The quantitative estimate of drug-likeness (QED) is 0.643. The first kappa shape index (κ1) is 16.0. The van der Waals surface area contributed by atoms with Crippen LogP contribution in [0.4, 0.5) is 0 Å². The van der Waals surface area contributed by atoms with Crippen LogP contribution >= 0.6 is 23.2 Å². The number of aromatic carboxylic acids is 1. The topological polar surface area (TPSA) is 71.4 Å². The number of hydrogen-bond acceptors (Lipinski definition) is 3. The number of sulfone groups is 1. The molecule has 0 aliphatic heterocycles. The minimum Gasteiger partial charge on any atom is -0.478 e. The number of hydrogen-bond donors (Lipinski definition) is 1. The Morgan fingerprint density at radius 1 is 1.37 bits per heavy atom. The number of rotatable bonds is 6. The van der Waals surface area contributed by atoms with Gasteiger partial charge in [0.1, 0.15) is 0 Å². The lowest BCUT2D eigenvalue weighted by molar-refractivity contribution is 0.0697. The van der Waals surface area contributed by atoms with Crippen molar-refractivity contribution in [3.8, 4) is 0 Å². The lowest BCUT2D eigenvalue weighted by Gasteiger charge is -2.09. The van der Waals surface area contributed by atoms with E-state index in [0.29, 0.717) is 12.8 Å². The van der Waals surface area contributed by atoms with Gasteiger partial charge in [-0.3, -0.25) is 0 Å². The van der Waals surface area contributed by atoms with Gasteiger partial charge >= 0.3 is 5.97 Å². The SMILES string of the molecule is C=CCCCS(=O)(=O)c1ccc(Cl)c(C(=O)O)c1Cl. The van der Waals surface area contributed by atoms with Gasteiger partial charge in [0.2, 0.25) is 0 Å². The molecule has 104 valence electrons. The maximum absolute atomic E-state index is 12.1. The molecule has 7 heteroatoms. The van der Waals surface area contributed by atoms with E-state index in [2.05, 4.69) is 6.58 Å². The second-order valence-electron chi connectivity index (χ2n) is 3.79. The molecule has 0 bridgehead atoms. The molecule has 1 rings (SSSR count). The molecule has 1 N–H and O–H groups in total. The number of carbonyl (C=O) groups is 1. The monoisotopic (exact) mass is 322 g/mol. The van der Waals surface area contributed by atoms with Crippen molar-refractivity contribution in [3.63, 3.8) is 0 Å². The summed E-state index contributed by atoms with van der Waals surface area (Å²) in [5, 5.41) is 8.53. The molecule has 0 unspecified atom stereocenters. The fourth-order valence-corrected chi connectivity index (χ4v) is 3.80. The van der Waals surface area contributed by atoms with Crippen molar-refractivity contribution in [3.05, 3.63) is 40.4 Å². The fourth-order valence-electron chi connectivity index (χ4n) is 1.50. The number of carboxylic acids is 1. The van der Waals surface area contributed by atoms with Gasteiger partial charge in [-0.25, -0.2) is 13.2 Å². The van der Waals surface area contributed by atoms with Crippen LogP contribution in [0.1, 0.15) is 23.2 Å². The Kier molecular flexibility index (Phi) is 5.40. The molecule has 0 aromatic heterocycles. The third-order valence-electron chi connectivity index (χ3n) is 2.43. The summed E-state index contributed by atoms with van der Waals surface area (Å²) in [5.74, 6) is -1.49. The van der Waals surface area contributed by atoms with Gasteiger partial charge in [-0.05, 0) is 25.0 Å². The Hall–Kier alpha value is -1.04. The van der Waals surface area contributed by atoms with Crippen molar-refractivity contribution in [2.45, 2.75) is 17.7 Å². The lowest BCUT2D eigenvalue weighted by atomic mass is 10.2. The van der Waals surface area contributed by atoms with Crippen LogP contribution in [0.25, 0.3) is 0 Å². The Morgan fingerprint density at radius 2 is 2.00 bits per heavy atom. The van der Waals surface area contributed by atoms with Crippen molar-refractivity contribution in [1.29, 1.82) is 0 Å². The Morgan fingerprint density at radius 3 is 2.53 bits per heavy atom. The average molecular weight is 323 g/mol. The van der Waals surface area contributed by atoms with E-state index in [-0.39, 0.29) is 20.7 Å². The van der Waals surface area contributed by atoms with Gasteiger partial charge in [0.25, 0.3) is 0 Å². The molecule has 0 spiro atoms.